The Morgan fingerprint density at radius 2 is 1.95 bits per heavy atom. The molecule has 1 atom stereocenters. The number of ether oxygens (including phenoxy) is 1. The third-order valence-electron chi connectivity index (χ3n) is 7.69. The van der Waals surface area contributed by atoms with Crippen LogP contribution in [0.15, 0.2) is 36.5 Å². The van der Waals surface area contributed by atoms with E-state index in [1.165, 1.54) is 0 Å². The van der Waals surface area contributed by atoms with Crippen molar-refractivity contribution in [3.05, 3.63) is 65.1 Å². The first-order valence-electron chi connectivity index (χ1n) is 12.8. The SMILES string of the molecule is COc1ccc2ncc(CN)c([C@H](O)CCC3(CO)CCN(CCNc4cc(F)cc(F)c4F)CC3)c2c1. The van der Waals surface area contributed by atoms with Gasteiger partial charge in [-0.2, -0.15) is 0 Å². The van der Waals surface area contributed by atoms with Gasteiger partial charge in [0, 0.05) is 50.0 Å². The van der Waals surface area contributed by atoms with E-state index in [9.17, 15) is 23.4 Å². The molecule has 1 fully saturated rings. The fourth-order valence-electron chi connectivity index (χ4n) is 5.28. The summed E-state index contributed by atoms with van der Waals surface area (Å²) >= 11 is 0. The highest BCUT2D eigenvalue weighted by Crippen LogP contribution is 2.39. The lowest BCUT2D eigenvalue weighted by Gasteiger charge is -2.41. The highest BCUT2D eigenvalue weighted by molar-refractivity contribution is 5.85. The second kappa shape index (κ2) is 12.3. The van der Waals surface area contributed by atoms with Gasteiger partial charge in [0.15, 0.2) is 11.6 Å². The van der Waals surface area contributed by atoms with Crippen LogP contribution in [0.1, 0.15) is 42.9 Å². The van der Waals surface area contributed by atoms with Crippen LogP contribution in [-0.2, 0) is 6.54 Å². The number of halogens is 3. The second-order valence-corrected chi connectivity index (χ2v) is 10.0. The highest BCUT2D eigenvalue weighted by Gasteiger charge is 2.34. The van der Waals surface area contributed by atoms with E-state index in [0.717, 1.165) is 40.9 Å². The van der Waals surface area contributed by atoms with Crippen LogP contribution in [0.25, 0.3) is 10.9 Å². The number of rotatable bonds is 11. The van der Waals surface area contributed by atoms with Crippen LogP contribution in [0, 0.1) is 22.9 Å². The van der Waals surface area contributed by atoms with Crippen molar-refractivity contribution in [1.29, 1.82) is 0 Å². The van der Waals surface area contributed by atoms with Crippen molar-refractivity contribution in [3.8, 4) is 5.75 Å². The zero-order valence-electron chi connectivity index (χ0n) is 21.5. The Kier molecular flexibility index (Phi) is 9.09. The van der Waals surface area contributed by atoms with E-state index in [2.05, 4.69) is 15.2 Å². The predicted molar refractivity (Wildman–Crippen MR) is 140 cm³/mol. The minimum absolute atomic E-state index is 0.00819. The summed E-state index contributed by atoms with van der Waals surface area (Å²) in [6, 6.07) is 6.99. The molecule has 0 bridgehead atoms. The molecule has 38 heavy (non-hydrogen) atoms. The van der Waals surface area contributed by atoms with Gasteiger partial charge in [-0.1, -0.05) is 0 Å². The number of nitrogens with one attached hydrogen (secondary N) is 1. The summed E-state index contributed by atoms with van der Waals surface area (Å²) in [5.41, 5.74) is 7.70. The van der Waals surface area contributed by atoms with Crippen molar-refractivity contribution in [1.82, 2.24) is 9.88 Å². The van der Waals surface area contributed by atoms with Gasteiger partial charge in [0.05, 0.1) is 24.4 Å². The van der Waals surface area contributed by atoms with Gasteiger partial charge in [0.1, 0.15) is 11.6 Å². The van der Waals surface area contributed by atoms with Crippen LogP contribution in [0.3, 0.4) is 0 Å². The molecule has 0 aliphatic carbocycles. The standard InChI is InChI=1S/C28H35F3N4O3/c1-38-20-2-3-23-21(14-20)26(18(15-32)16-34-23)25(37)4-5-28(17-36)6-9-35(10-7-28)11-8-33-24-13-19(29)12-22(30)27(24)31/h2-3,12-14,16,25,33,36-37H,4-11,15,17,32H2,1H3/t25-/m1/s1. The van der Waals surface area contributed by atoms with E-state index < -0.39 is 23.6 Å². The van der Waals surface area contributed by atoms with Crippen molar-refractivity contribution in [3.63, 3.8) is 0 Å². The minimum Gasteiger partial charge on any atom is -0.497 e. The van der Waals surface area contributed by atoms with Crippen molar-refractivity contribution in [2.24, 2.45) is 11.1 Å². The van der Waals surface area contributed by atoms with Crippen molar-refractivity contribution >= 4 is 16.6 Å². The highest BCUT2D eigenvalue weighted by atomic mass is 19.2. The summed E-state index contributed by atoms with van der Waals surface area (Å²) in [4.78, 5) is 6.63. The van der Waals surface area contributed by atoms with Crippen LogP contribution in [-0.4, -0.2) is 60.0 Å². The molecule has 0 amide bonds. The number of fused-ring (bicyclic) bond motifs is 1. The molecule has 1 aliphatic heterocycles. The fraction of sp³-hybridized carbons (Fsp3) is 0.464. The van der Waals surface area contributed by atoms with Gasteiger partial charge < -0.3 is 30.9 Å². The number of aliphatic hydroxyl groups is 2. The number of piperidine rings is 1. The maximum Gasteiger partial charge on any atom is 0.182 e. The molecule has 0 unspecified atom stereocenters. The van der Waals surface area contributed by atoms with Gasteiger partial charge >= 0.3 is 0 Å². The van der Waals surface area contributed by atoms with E-state index in [0.29, 0.717) is 50.8 Å². The zero-order valence-corrected chi connectivity index (χ0v) is 21.5. The third-order valence-corrected chi connectivity index (χ3v) is 7.69. The molecule has 5 N–H and O–H groups in total. The first kappa shape index (κ1) is 28.1. The Bertz CT molecular complexity index is 1250. The summed E-state index contributed by atoms with van der Waals surface area (Å²) in [5.74, 6) is -2.49. The summed E-state index contributed by atoms with van der Waals surface area (Å²) < 4.78 is 46.0. The maximum absolute atomic E-state index is 13.9. The predicted octanol–water partition coefficient (Wildman–Crippen LogP) is 4.12. The van der Waals surface area contributed by atoms with E-state index in [1.54, 1.807) is 13.3 Å². The van der Waals surface area contributed by atoms with E-state index in [1.807, 2.05) is 18.2 Å². The fourth-order valence-corrected chi connectivity index (χ4v) is 5.28. The number of benzene rings is 2. The minimum atomic E-state index is -1.22. The summed E-state index contributed by atoms with van der Waals surface area (Å²) in [6.45, 7) is 2.56. The van der Waals surface area contributed by atoms with Crippen molar-refractivity contribution in [2.45, 2.75) is 38.3 Å². The Morgan fingerprint density at radius 3 is 2.63 bits per heavy atom. The Balaban J connectivity index is 1.35. The molecule has 0 saturated carbocycles. The number of aliphatic hydroxyl groups excluding tert-OH is 2. The Hall–Kier alpha value is -2.92. The maximum atomic E-state index is 13.9. The van der Waals surface area contributed by atoms with E-state index >= 15 is 0 Å². The quantitative estimate of drug-likeness (QED) is 0.276. The molecule has 1 saturated heterocycles. The normalized spacial score (nSPS) is 16.5. The average Bonchev–Trinajstić information content (AvgIpc) is 2.94. The molecule has 1 aliphatic rings. The molecule has 1 aromatic heterocycles. The molecule has 10 heteroatoms. The Labute approximate surface area is 220 Å². The van der Waals surface area contributed by atoms with Gasteiger partial charge in [-0.25, -0.2) is 13.2 Å². The second-order valence-electron chi connectivity index (χ2n) is 10.0. The molecule has 7 nitrogen and oxygen atoms in total. The molecule has 0 radical (unpaired) electrons. The number of hydrogen-bond acceptors (Lipinski definition) is 7. The van der Waals surface area contributed by atoms with Crippen LogP contribution >= 0.6 is 0 Å². The molecule has 3 aromatic rings. The number of anilines is 1. The lowest BCUT2D eigenvalue weighted by Crippen LogP contribution is -2.43. The van der Waals surface area contributed by atoms with Crippen molar-refractivity contribution < 1.29 is 28.1 Å². The largest absolute Gasteiger partial charge is 0.497 e. The number of aromatic nitrogens is 1. The number of hydrogen-bond donors (Lipinski definition) is 4. The van der Waals surface area contributed by atoms with Gasteiger partial charge in [-0.15, -0.1) is 0 Å². The van der Waals surface area contributed by atoms with Gasteiger partial charge in [0.25, 0.3) is 0 Å². The van der Waals surface area contributed by atoms with Crippen molar-refractivity contribution in [2.75, 3.05) is 45.2 Å². The third kappa shape index (κ3) is 6.20. The molecular weight excluding hydrogens is 497 g/mol. The summed E-state index contributed by atoms with van der Waals surface area (Å²) in [5, 5.41) is 25.1. The molecular formula is C28H35F3N4O3. The summed E-state index contributed by atoms with van der Waals surface area (Å²) in [7, 11) is 1.59. The lowest BCUT2D eigenvalue weighted by atomic mass is 9.74. The molecule has 2 aromatic carbocycles. The van der Waals surface area contributed by atoms with E-state index in [4.69, 9.17) is 10.5 Å². The number of nitrogens with two attached hydrogens (primary N) is 1. The monoisotopic (exact) mass is 532 g/mol. The van der Waals surface area contributed by atoms with Gasteiger partial charge in [-0.3, -0.25) is 4.98 Å². The van der Waals surface area contributed by atoms with E-state index in [-0.39, 0.29) is 24.3 Å². The first-order valence-corrected chi connectivity index (χ1v) is 12.8. The van der Waals surface area contributed by atoms with Gasteiger partial charge in [0.2, 0.25) is 0 Å². The molecule has 4 rings (SSSR count). The van der Waals surface area contributed by atoms with Crippen LogP contribution in [0.5, 0.6) is 5.75 Å². The summed E-state index contributed by atoms with van der Waals surface area (Å²) in [6.07, 6.45) is 3.46. The van der Waals surface area contributed by atoms with Crippen LogP contribution in [0.4, 0.5) is 18.9 Å². The number of likely N-dealkylation sites (tertiary alicyclic amines) is 1. The van der Waals surface area contributed by atoms with Crippen LogP contribution < -0.4 is 15.8 Å². The van der Waals surface area contributed by atoms with Gasteiger partial charge in [-0.05, 0) is 73.5 Å². The number of nitrogens with zero attached hydrogens (tertiary/aromatic N) is 2. The molecule has 0 spiro atoms. The number of methoxy groups -OCH3 is 1. The number of pyridine rings is 1. The Morgan fingerprint density at radius 1 is 1.18 bits per heavy atom. The molecule has 2 heterocycles. The lowest BCUT2D eigenvalue weighted by molar-refractivity contribution is 0.0247. The topological polar surface area (TPSA) is 104 Å². The van der Waals surface area contributed by atoms with Crippen LogP contribution in [0.2, 0.25) is 0 Å². The average molecular weight is 533 g/mol. The molecule has 206 valence electrons. The smallest absolute Gasteiger partial charge is 0.182 e. The first-order chi connectivity index (χ1) is 18.3. The zero-order chi connectivity index (χ0) is 27.3.